The van der Waals surface area contributed by atoms with Crippen LogP contribution >= 0.6 is 0 Å². The van der Waals surface area contributed by atoms with Crippen LogP contribution in [-0.4, -0.2) is 46.7 Å². The minimum absolute atomic E-state index is 0.0136. The third-order valence-electron chi connectivity index (χ3n) is 8.11. The number of hydrogen-bond donors (Lipinski definition) is 4. The summed E-state index contributed by atoms with van der Waals surface area (Å²) in [6, 6.07) is 15.1. The zero-order valence-corrected chi connectivity index (χ0v) is 26.1. The van der Waals surface area contributed by atoms with Gasteiger partial charge in [0.15, 0.2) is 11.6 Å². The van der Waals surface area contributed by atoms with Crippen molar-refractivity contribution in [1.82, 2.24) is 20.9 Å². The molecule has 0 aliphatic carbocycles. The van der Waals surface area contributed by atoms with Gasteiger partial charge in [0.05, 0.1) is 6.42 Å². The highest BCUT2D eigenvalue weighted by atomic mass is 19.2. The van der Waals surface area contributed by atoms with E-state index in [1.807, 2.05) is 31.2 Å². The van der Waals surface area contributed by atoms with Crippen molar-refractivity contribution in [3.8, 4) is 0 Å². The van der Waals surface area contributed by atoms with Crippen LogP contribution in [0.1, 0.15) is 34.2 Å². The number of nitrogens with one attached hydrogen (secondary N) is 4. The first kappa shape index (κ1) is 33.8. The van der Waals surface area contributed by atoms with Gasteiger partial charge in [0, 0.05) is 49.5 Å². The number of anilines is 1. The van der Waals surface area contributed by atoms with Crippen LogP contribution in [0.3, 0.4) is 0 Å². The summed E-state index contributed by atoms with van der Waals surface area (Å²) >= 11 is 0. The van der Waals surface area contributed by atoms with E-state index in [0.29, 0.717) is 28.9 Å². The Hall–Kier alpha value is -5.52. The highest BCUT2D eigenvalue weighted by molar-refractivity contribution is 5.96. The molecule has 5 rings (SSSR count). The van der Waals surface area contributed by atoms with E-state index < -0.39 is 65.6 Å². The molecule has 2 heterocycles. The Morgan fingerprint density at radius 2 is 1.42 bits per heavy atom. The molecule has 4 amide bonds. The number of aryl methyl sites for hydroxylation is 1. The lowest BCUT2D eigenvalue weighted by Gasteiger charge is -2.26. The molecule has 3 aromatic carbocycles. The lowest BCUT2D eigenvalue weighted by Crippen LogP contribution is -2.56. The minimum Gasteiger partial charge on any atom is -0.351 e. The second kappa shape index (κ2) is 15.4. The van der Waals surface area contributed by atoms with Crippen LogP contribution in [0.25, 0.3) is 0 Å². The molecule has 0 saturated carbocycles. The number of rotatable bonds is 6. The van der Waals surface area contributed by atoms with Crippen molar-refractivity contribution >= 4 is 29.3 Å². The van der Waals surface area contributed by atoms with Crippen LogP contribution in [0.2, 0.25) is 0 Å². The highest BCUT2D eigenvalue weighted by Crippen LogP contribution is 2.20. The lowest BCUT2D eigenvalue weighted by molar-refractivity contribution is -0.132. The molecule has 0 fully saturated rings. The number of hydrogen-bond acceptors (Lipinski definition) is 5. The average molecular weight is 658 g/mol. The van der Waals surface area contributed by atoms with Crippen LogP contribution in [0, 0.1) is 24.4 Å². The Morgan fingerprint density at radius 1 is 0.708 bits per heavy atom. The number of nitrogens with zero attached hydrogens (tertiary/aromatic N) is 1. The van der Waals surface area contributed by atoms with E-state index in [9.17, 15) is 32.3 Å². The number of aromatic nitrogens is 1. The second-order valence-electron chi connectivity index (χ2n) is 11.7. The summed E-state index contributed by atoms with van der Waals surface area (Å²) in [5.74, 6) is -6.13. The van der Waals surface area contributed by atoms with Crippen LogP contribution in [-0.2, 0) is 44.9 Å². The third-order valence-corrected chi connectivity index (χ3v) is 8.11. The summed E-state index contributed by atoms with van der Waals surface area (Å²) in [6.45, 7) is 1.88. The van der Waals surface area contributed by atoms with Gasteiger partial charge < -0.3 is 21.3 Å². The molecule has 248 valence electrons. The zero-order chi connectivity index (χ0) is 34.2. The number of halogens is 3. The fourth-order valence-electron chi connectivity index (χ4n) is 5.61. The molecule has 1 aliphatic heterocycles. The molecule has 0 unspecified atom stereocenters. The number of amides is 4. The third kappa shape index (κ3) is 8.84. The van der Waals surface area contributed by atoms with Crippen LogP contribution in [0.5, 0.6) is 0 Å². The molecule has 1 aromatic heterocycles. The predicted molar refractivity (Wildman–Crippen MR) is 172 cm³/mol. The summed E-state index contributed by atoms with van der Waals surface area (Å²) in [5.41, 5.74) is 2.85. The largest absolute Gasteiger partial charge is 0.351 e. The summed E-state index contributed by atoms with van der Waals surface area (Å²) in [4.78, 5) is 58.6. The van der Waals surface area contributed by atoms with E-state index in [2.05, 4.69) is 26.3 Å². The van der Waals surface area contributed by atoms with Gasteiger partial charge in [-0.1, -0.05) is 48.5 Å². The van der Waals surface area contributed by atoms with Crippen molar-refractivity contribution in [2.45, 2.75) is 57.2 Å². The first-order valence-corrected chi connectivity index (χ1v) is 15.4. The number of carbonyl (C=O) groups excluding carboxylic acids is 4. The van der Waals surface area contributed by atoms with Gasteiger partial charge >= 0.3 is 0 Å². The molecule has 1 aliphatic rings. The molecule has 9 nitrogen and oxygen atoms in total. The molecule has 12 heteroatoms. The van der Waals surface area contributed by atoms with E-state index in [4.69, 9.17) is 0 Å². The van der Waals surface area contributed by atoms with E-state index in [-0.39, 0.29) is 31.2 Å². The van der Waals surface area contributed by atoms with Crippen molar-refractivity contribution in [2.75, 3.05) is 5.32 Å². The van der Waals surface area contributed by atoms with E-state index in [0.717, 1.165) is 11.1 Å². The van der Waals surface area contributed by atoms with Crippen molar-refractivity contribution in [1.29, 1.82) is 0 Å². The molecule has 0 spiro atoms. The minimum atomic E-state index is -1.38. The van der Waals surface area contributed by atoms with Gasteiger partial charge in [-0.2, -0.15) is 0 Å². The number of carbonyl (C=O) groups is 4. The van der Waals surface area contributed by atoms with E-state index in [1.54, 1.807) is 42.6 Å². The van der Waals surface area contributed by atoms with E-state index >= 15 is 0 Å². The van der Waals surface area contributed by atoms with Crippen LogP contribution in [0.15, 0.2) is 85.2 Å². The zero-order valence-electron chi connectivity index (χ0n) is 26.1. The summed E-state index contributed by atoms with van der Waals surface area (Å²) in [7, 11) is 0. The first-order chi connectivity index (χ1) is 23.0. The number of para-hydroxylation sites is 1. The van der Waals surface area contributed by atoms with Gasteiger partial charge in [0.1, 0.15) is 17.9 Å². The maximum absolute atomic E-state index is 14.7. The van der Waals surface area contributed by atoms with E-state index in [1.165, 1.54) is 6.20 Å². The van der Waals surface area contributed by atoms with Crippen LogP contribution < -0.4 is 21.3 Å². The van der Waals surface area contributed by atoms with Gasteiger partial charge in [-0.15, -0.1) is 0 Å². The molecule has 4 N–H and O–H groups in total. The van der Waals surface area contributed by atoms with Crippen LogP contribution in [0.4, 0.5) is 18.9 Å². The quantitative estimate of drug-likeness (QED) is 0.234. The SMILES string of the molecule is Cc1ccccc1C[C@@H]1NC(=O)Cc2ccccc2NC(=O)C[C@H](Cc2cc(F)c(F)cc2F)NC(=O)[C@H](Cc2cccnc2)NC1=O. The Bertz CT molecular complexity index is 1820. The second-order valence-corrected chi connectivity index (χ2v) is 11.7. The fourth-order valence-corrected chi connectivity index (χ4v) is 5.61. The molecule has 0 radical (unpaired) electrons. The standard InChI is InChI=1S/C36H34F3N5O4/c1-21-7-2-3-9-23(21)16-32-36(48)44-31(13-22-8-6-12-40-20-22)35(47)41-26(14-25-15-28(38)29(39)19-27(25)37)18-34(46)42-30-11-5-4-10-24(30)17-33(45)43-32/h2-12,15,19-20,26,31-32H,13-14,16-18H2,1H3,(H,41,47)(H,42,46)(H,43,45)(H,44,48)/t26-,31-,32-/m0/s1. The molecular formula is C36H34F3N5O4. The van der Waals surface area contributed by atoms with Crippen molar-refractivity contribution in [3.05, 3.63) is 130 Å². The van der Waals surface area contributed by atoms with Crippen molar-refractivity contribution in [3.63, 3.8) is 0 Å². The lowest BCUT2D eigenvalue weighted by atomic mass is 9.99. The smallest absolute Gasteiger partial charge is 0.243 e. The number of benzene rings is 3. The highest BCUT2D eigenvalue weighted by Gasteiger charge is 2.30. The number of pyridine rings is 1. The molecule has 3 atom stereocenters. The molecule has 48 heavy (non-hydrogen) atoms. The normalized spacial score (nSPS) is 19.1. The maximum Gasteiger partial charge on any atom is 0.243 e. The predicted octanol–water partition coefficient (Wildman–Crippen LogP) is 3.87. The summed E-state index contributed by atoms with van der Waals surface area (Å²) in [6.07, 6.45) is 2.26. The molecular weight excluding hydrogens is 623 g/mol. The summed E-state index contributed by atoms with van der Waals surface area (Å²) < 4.78 is 42.6. The van der Waals surface area contributed by atoms with Crippen molar-refractivity contribution < 1.29 is 32.3 Å². The Kier molecular flexibility index (Phi) is 10.8. The average Bonchev–Trinajstić information content (AvgIpc) is 3.05. The van der Waals surface area contributed by atoms with Gasteiger partial charge in [0.2, 0.25) is 23.6 Å². The molecule has 0 bridgehead atoms. The van der Waals surface area contributed by atoms with Gasteiger partial charge in [0.25, 0.3) is 0 Å². The Labute approximate surface area is 275 Å². The van der Waals surface area contributed by atoms with Gasteiger partial charge in [-0.3, -0.25) is 24.2 Å². The topological polar surface area (TPSA) is 129 Å². The number of fused-ring (bicyclic) bond motifs is 1. The summed E-state index contributed by atoms with van der Waals surface area (Å²) in [5, 5.41) is 11.0. The van der Waals surface area contributed by atoms with Crippen molar-refractivity contribution in [2.24, 2.45) is 0 Å². The molecule has 0 saturated heterocycles. The Balaban J connectivity index is 1.53. The monoisotopic (exact) mass is 657 g/mol. The Morgan fingerprint density at radius 3 is 2.19 bits per heavy atom. The molecule has 4 aromatic rings. The van der Waals surface area contributed by atoms with Gasteiger partial charge in [-0.05, 0) is 59.4 Å². The fraction of sp³-hybridized carbons (Fsp3) is 0.250. The van der Waals surface area contributed by atoms with Gasteiger partial charge in [-0.25, -0.2) is 13.2 Å². The first-order valence-electron chi connectivity index (χ1n) is 15.4. The maximum atomic E-state index is 14.7.